The van der Waals surface area contributed by atoms with Crippen molar-refractivity contribution in [1.82, 2.24) is 20.1 Å². The van der Waals surface area contributed by atoms with Gasteiger partial charge in [0, 0.05) is 48.6 Å². The van der Waals surface area contributed by atoms with Crippen molar-refractivity contribution < 1.29 is 19.1 Å². The number of aromatic nitrogens is 3. The average molecular weight is 620 g/mol. The topological polar surface area (TPSA) is 140 Å². The first-order chi connectivity index (χ1) is 22.0. The molecule has 236 valence electrons. The van der Waals surface area contributed by atoms with Crippen LogP contribution in [0, 0.1) is 6.92 Å². The van der Waals surface area contributed by atoms with Gasteiger partial charge in [-0.05, 0) is 37.3 Å². The van der Waals surface area contributed by atoms with Crippen LogP contribution in [0.15, 0.2) is 90.1 Å². The van der Waals surface area contributed by atoms with Crippen molar-refractivity contribution in [1.29, 1.82) is 0 Å². The number of rotatable bonds is 7. The number of likely N-dealkylation sites (N-methyl/N-ethyl adjacent to an activating group) is 1. The molecule has 0 atom stereocenters. The van der Waals surface area contributed by atoms with E-state index in [9.17, 15) is 9.59 Å². The highest BCUT2D eigenvalue weighted by molar-refractivity contribution is 6.07. The SMILES string of the molecule is CN=C=O.CNC(=O)Cc1cc(Oc2ccc(NC(=O)Nc3cc(C(C)(C)C)nn3-c3ccc(C)cc3)c3ccccc23)ccn1. The third kappa shape index (κ3) is 8.43. The lowest BCUT2D eigenvalue weighted by molar-refractivity contribution is -0.120. The van der Waals surface area contributed by atoms with Crippen LogP contribution in [0.4, 0.5) is 16.3 Å². The number of nitrogens with zero attached hydrogens (tertiary/aromatic N) is 4. The first-order valence-electron chi connectivity index (χ1n) is 14.6. The number of aryl methyl sites for hydroxylation is 1. The van der Waals surface area contributed by atoms with Crippen LogP contribution in [0.1, 0.15) is 37.7 Å². The van der Waals surface area contributed by atoms with Gasteiger partial charge in [0.25, 0.3) is 0 Å². The molecule has 11 heteroatoms. The number of isocyanates is 1. The van der Waals surface area contributed by atoms with Crippen LogP contribution >= 0.6 is 0 Å². The van der Waals surface area contributed by atoms with E-state index in [1.165, 1.54) is 13.1 Å². The van der Waals surface area contributed by atoms with Gasteiger partial charge in [-0.2, -0.15) is 5.10 Å². The Hall–Kier alpha value is -5.80. The largest absolute Gasteiger partial charge is 0.457 e. The standard InChI is InChI=1S/C33H34N6O3.C2H3NO/c1-21-10-12-23(13-11-21)39-30(20-29(38-39)33(2,3)4)37-32(41)36-27-14-15-28(26-9-7-6-8-25(26)27)42-24-16-17-35-22(18-24)19-31(40)34-5;1-3-2-4/h6-18,20H,19H2,1-5H3,(H,34,40)(H2,36,37,41);1H3. The van der Waals surface area contributed by atoms with Crippen molar-refractivity contribution in [3.05, 3.63) is 102 Å². The minimum absolute atomic E-state index is 0.129. The van der Waals surface area contributed by atoms with Crippen LogP contribution in [-0.4, -0.2) is 46.9 Å². The van der Waals surface area contributed by atoms with Crippen molar-refractivity contribution in [2.24, 2.45) is 4.99 Å². The van der Waals surface area contributed by atoms with Gasteiger partial charge in [0.1, 0.15) is 17.3 Å². The van der Waals surface area contributed by atoms with E-state index in [0.717, 1.165) is 27.7 Å². The zero-order valence-electron chi connectivity index (χ0n) is 26.7. The normalized spacial score (nSPS) is 10.7. The van der Waals surface area contributed by atoms with Gasteiger partial charge in [0.15, 0.2) is 0 Å². The first-order valence-corrected chi connectivity index (χ1v) is 14.6. The Morgan fingerprint density at radius 2 is 1.65 bits per heavy atom. The molecule has 0 unspecified atom stereocenters. The Labute approximate surface area is 267 Å². The van der Waals surface area contributed by atoms with Crippen molar-refractivity contribution in [3.63, 3.8) is 0 Å². The van der Waals surface area contributed by atoms with Gasteiger partial charge in [0.05, 0.1) is 29.2 Å². The molecule has 5 aromatic rings. The second-order valence-electron chi connectivity index (χ2n) is 11.4. The van der Waals surface area contributed by atoms with E-state index >= 15 is 0 Å². The summed E-state index contributed by atoms with van der Waals surface area (Å²) in [4.78, 5) is 41.2. The van der Waals surface area contributed by atoms with Crippen molar-refractivity contribution >= 4 is 40.3 Å². The molecule has 46 heavy (non-hydrogen) atoms. The number of hydrogen-bond donors (Lipinski definition) is 3. The third-order valence-electron chi connectivity index (χ3n) is 6.86. The maximum Gasteiger partial charge on any atom is 0.324 e. The molecule has 0 aliphatic heterocycles. The Morgan fingerprint density at radius 3 is 2.30 bits per heavy atom. The van der Waals surface area contributed by atoms with Gasteiger partial charge in [-0.1, -0.05) is 62.7 Å². The first kappa shape index (κ1) is 33.1. The summed E-state index contributed by atoms with van der Waals surface area (Å²) < 4.78 is 7.95. The fourth-order valence-corrected chi connectivity index (χ4v) is 4.45. The summed E-state index contributed by atoms with van der Waals surface area (Å²) in [5.74, 6) is 1.61. The summed E-state index contributed by atoms with van der Waals surface area (Å²) in [5.41, 5.74) is 3.88. The van der Waals surface area contributed by atoms with E-state index in [1.807, 2.05) is 73.7 Å². The lowest BCUT2D eigenvalue weighted by Crippen LogP contribution is -2.21. The number of benzene rings is 3. The van der Waals surface area contributed by atoms with Gasteiger partial charge < -0.3 is 15.4 Å². The number of nitrogens with one attached hydrogen (secondary N) is 3. The lowest BCUT2D eigenvalue weighted by Gasteiger charge is -2.14. The van der Waals surface area contributed by atoms with E-state index in [1.54, 1.807) is 30.1 Å². The van der Waals surface area contributed by atoms with Gasteiger partial charge in [-0.3, -0.25) is 15.1 Å². The van der Waals surface area contributed by atoms with Gasteiger partial charge in [0.2, 0.25) is 12.0 Å². The van der Waals surface area contributed by atoms with E-state index in [2.05, 4.69) is 46.7 Å². The molecule has 0 fully saturated rings. The van der Waals surface area contributed by atoms with Crippen LogP contribution in [0.3, 0.4) is 0 Å². The molecule has 0 aliphatic rings. The molecule has 0 radical (unpaired) electrons. The minimum Gasteiger partial charge on any atom is -0.457 e. The third-order valence-corrected chi connectivity index (χ3v) is 6.86. The van der Waals surface area contributed by atoms with Crippen LogP contribution in [-0.2, 0) is 21.4 Å². The monoisotopic (exact) mass is 619 g/mol. The highest BCUT2D eigenvalue weighted by Gasteiger charge is 2.22. The number of fused-ring (bicyclic) bond motifs is 1. The number of carbonyl (C=O) groups is 2. The second kappa shape index (κ2) is 14.8. The maximum absolute atomic E-state index is 13.3. The van der Waals surface area contributed by atoms with Gasteiger partial charge >= 0.3 is 6.03 Å². The van der Waals surface area contributed by atoms with Crippen molar-refractivity contribution in [2.45, 2.75) is 39.5 Å². The van der Waals surface area contributed by atoms with Crippen molar-refractivity contribution in [2.75, 3.05) is 24.7 Å². The number of amides is 3. The Kier molecular flexibility index (Phi) is 10.6. The fraction of sp³-hybridized carbons (Fsp3) is 0.229. The molecule has 11 nitrogen and oxygen atoms in total. The van der Waals surface area contributed by atoms with Crippen LogP contribution in [0.2, 0.25) is 0 Å². The molecule has 2 heterocycles. The summed E-state index contributed by atoms with van der Waals surface area (Å²) in [6, 6.07) is 24.3. The zero-order valence-corrected chi connectivity index (χ0v) is 26.7. The molecule has 0 saturated heterocycles. The smallest absolute Gasteiger partial charge is 0.324 e. The molecule has 5 rings (SSSR count). The quantitative estimate of drug-likeness (QED) is 0.137. The Balaban J connectivity index is 0.00000113. The molecule has 0 spiro atoms. The molecule has 0 aliphatic carbocycles. The van der Waals surface area contributed by atoms with E-state index < -0.39 is 6.03 Å². The molecule has 3 N–H and O–H groups in total. The molecule has 2 aromatic heterocycles. The predicted octanol–water partition coefficient (Wildman–Crippen LogP) is 6.70. The number of carbonyl (C=O) groups excluding carboxylic acids is 3. The summed E-state index contributed by atoms with van der Waals surface area (Å²) in [6.07, 6.45) is 3.08. The maximum atomic E-state index is 13.3. The van der Waals surface area contributed by atoms with Crippen LogP contribution in [0.25, 0.3) is 16.5 Å². The van der Waals surface area contributed by atoms with E-state index in [-0.39, 0.29) is 17.7 Å². The average Bonchev–Trinajstić information content (AvgIpc) is 3.47. The van der Waals surface area contributed by atoms with Gasteiger partial charge in [-0.15, -0.1) is 0 Å². The number of urea groups is 1. The predicted molar refractivity (Wildman–Crippen MR) is 180 cm³/mol. The lowest BCUT2D eigenvalue weighted by atomic mass is 9.92. The molecular formula is C35H37N7O4. The summed E-state index contributed by atoms with van der Waals surface area (Å²) in [5, 5.41) is 15.0. The molecule has 0 bridgehead atoms. The highest BCUT2D eigenvalue weighted by atomic mass is 16.5. The Bertz CT molecular complexity index is 1890. The number of anilines is 2. The summed E-state index contributed by atoms with van der Waals surface area (Å²) >= 11 is 0. The molecular weight excluding hydrogens is 582 g/mol. The van der Waals surface area contributed by atoms with Crippen LogP contribution in [0.5, 0.6) is 11.5 Å². The Morgan fingerprint density at radius 1 is 0.957 bits per heavy atom. The number of pyridine rings is 1. The van der Waals surface area contributed by atoms with Crippen molar-refractivity contribution in [3.8, 4) is 17.2 Å². The van der Waals surface area contributed by atoms with Crippen LogP contribution < -0.4 is 20.7 Å². The molecule has 3 aromatic carbocycles. The van der Waals surface area contributed by atoms with E-state index in [4.69, 9.17) is 14.6 Å². The van der Waals surface area contributed by atoms with Gasteiger partial charge in [-0.25, -0.2) is 19.3 Å². The summed E-state index contributed by atoms with van der Waals surface area (Å²) in [6.45, 7) is 8.29. The fourth-order valence-electron chi connectivity index (χ4n) is 4.45. The number of ether oxygens (including phenoxy) is 1. The number of hydrogen-bond acceptors (Lipinski definition) is 7. The highest BCUT2D eigenvalue weighted by Crippen LogP contribution is 2.35. The summed E-state index contributed by atoms with van der Waals surface area (Å²) in [7, 11) is 2.97. The van der Waals surface area contributed by atoms with E-state index in [0.29, 0.717) is 28.7 Å². The molecule has 3 amide bonds. The molecule has 0 saturated carbocycles. The number of aliphatic imine (C=N–C) groups is 1. The minimum atomic E-state index is -0.393. The second-order valence-corrected chi connectivity index (χ2v) is 11.4. The zero-order chi connectivity index (χ0) is 33.3.